The van der Waals surface area contributed by atoms with E-state index in [1.54, 1.807) is 23.6 Å². The lowest BCUT2D eigenvalue weighted by Crippen LogP contribution is -2.31. The Bertz CT molecular complexity index is 928. The zero-order valence-corrected chi connectivity index (χ0v) is 14.6. The summed E-state index contributed by atoms with van der Waals surface area (Å²) in [5.41, 5.74) is 1.14. The molecule has 0 saturated carbocycles. The van der Waals surface area contributed by atoms with Crippen LogP contribution in [-0.2, 0) is 0 Å². The number of amides is 1. The molecule has 0 spiro atoms. The number of hydrogen-bond acceptors (Lipinski definition) is 5. The molecule has 0 aliphatic rings. The van der Waals surface area contributed by atoms with Crippen LogP contribution in [0.1, 0.15) is 21.4 Å². The largest absolute Gasteiger partial charge is 0.355 e. The fraction of sp³-hybridized carbons (Fsp3) is 0.105. The summed E-state index contributed by atoms with van der Waals surface area (Å²) in [6.45, 7) is 0.411. The molecule has 0 fully saturated rings. The highest BCUT2D eigenvalue weighted by Crippen LogP contribution is 2.22. The normalized spacial score (nSPS) is 12.0. The van der Waals surface area contributed by atoms with Crippen molar-refractivity contribution in [2.75, 3.05) is 6.54 Å². The number of rotatable bonds is 6. The second kappa shape index (κ2) is 7.37. The van der Waals surface area contributed by atoms with Crippen LogP contribution in [0, 0.1) is 0 Å². The van der Waals surface area contributed by atoms with Gasteiger partial charge < -0.3 is 9.84 Å². The molecule has 0 bridgehead atoms. The lowest BCUT2D eigenvalue weighted by Gasteiger charge is -2.16. The van der Waals surface area contributed by atoms with E-state index >= 15 is 0 Å². The molecule has 1 atom stereocenters. The molecule has 3 aromatic heterocycles. The van der Waals surface area contributed by atoms with Crippen molar-refractivity contribution in [3.63, 3.8) is 0 Å². The Hall–Kier alpha value is -3.19. The minimum atomic E-state index is -0.273. The van der Waals surface area contributed by atoms with Crippen molar-refractivity contribution < 1.29 is 9.32 Å². The van der Waals surface area contributed by atoms with Gasteiger partial charge in [0.15, 0.2) is 11.5 Å². The zero-order chi connectivity index (χ0) is 17.8. The van der Waals surface area contributed by atoms with E-state index in [0.29, 0.717) is 12.3 Å². The first-order valence-electron chi connectivity index (χ1n) is 8.14. The standard InChI is InChI=1S/C19H16N4O2S/c24-19(15-12-17(25-22-15)14-6-2-1-3-7-14)20-13-16(18-8-4-11-26-18)23-10-5-9-21-23/h1-12,16H,13H2,(H,20,24). The highest BCUT2D eigenvalue weighted by Gasteiger charge is 2.19. The van der Waals surface area contributed by atoms with Crippen molar-refractivity contribution in [1.82, 2.24) is 20.3 Å². The summed E-state index contributed by atoms with van der Waals surface area (Å²) in [7, 11) is 0. The fourth-order valence-electron chi connectivity index (χ4n) is 2.67. The van der Waals surface area contributed by atoms with Gasteiger partial charge in [0.25, 0.3) is 5.91 Å². The number of thiophene rings is 1. The van der Waals surface area contributed by atoms with Crippen LogP contribution in [-0.4, -0.2) is 27.4 Å². The van der Waals surface area contributed by atoms with Crippen LogP contribution in [0.4, 0.5) is 0 Å². The van der Waals surface area contributed by atoms with Crippen LogP contribution in [0.25, 0.3) is 11.3 Å². The van der Waals surface area contributed by atoms with Crippen LogP contribution >= 0.6 is 11.3 Å². The lowest BCUT2D eigenvalue weighted by molar-refractivity contribution is 0.0940. The van der Waals surface area contributed by atoms with Crippen LogP contribution in [0.15, 0.2) is 76.9 Å². The molecule has 3 heterocycles. The quantitative estimate of drug-likeness (QED) is 0.567. The number of carbonyl (C=O) groups is 1. The van der Waals surface area contributed by atoms with Crippen LogP contribution in [0.2, 0.25) is 0 Å². The topological polar surface area (TPSA) is 73.0 Å². The summed E-state index contributed by atoms with van der Waals surface area (Å²) in [5.74, 6) is 0.294. The third-order valence-corrected chi connectivity index (χ3v) is 4.95. The minimum Gasteiger partial charge on any atom is -0.355 e. The van der Waals surface area contributed by atoms with E-state index < -0.39 is 0 Å². The molecule has 6 nitrogen and oxygen atoms in total. The molecule has 1 aromatic carbocycles. The SMILES string of the molecule is O=C(NCC(c1cccs1)n1cccn1)c1cc(-c2ccccc2)on1. The molecule has 26 heavy (non-hydrogen) atoms. The van der Waals surface area contributed by atoms with Crippen molar-refractivity contribution in [2.24, 2.45) is 0 Å². The molecule has 4 aromatic rings. The van der Waals surface area contributed by atoms with Crippen molar-refractivity contribution in [1.29, 1.82) is 0 Å². The summed E-state index contributed by atoms with van der Waals surface area (Å²) in [5, 5.41) is 13.1. The first-order valence-corrected chi connectivity index (χ1v) is 9.02. The molecule has 0 aliphatic carbocycles. The molecule has 7 heteroatoms. The first-order chi connectivity index (χ1) is 12.8. The van der Waals surface area contributed by atoms with Gasteiger partial charge in [-0.05, 0) is 17.5 Å². The van der Waals surface area contributed by atoms with Crippen LogP contribution in [0.3, 0.4) is 0 Å². The van der Waals surface area contributed by atoms with Gasteiger partial charge in [-0.2, -0.15) is 5.10 Å². The van der Waals surface area contributed by atoms with Crippen molar-refractivity contribution in [2.45, 2.75) is 6.04 Å². The van der Waals surface area contributed by atoms with Gasteiger partial charge in [-0.3, -0.25) is 9.48 Å². The predicted octanol–water partition coefficient (Wildman–Crippen LogP) is 3.62. The van der Waals surface area contributed by atoms with Crippen molar-refractivity contribution in [3.05, 3.63) is 82.9 Å². The first kappa shape index (κ1) is 16.3. The van der Waals surface area contributed by atoms with Crippen molar-refractivity contribution in [3.8, 4) is 11.3 Å². The highest BCUT2D eigenvalue weighted by molar-refractivity contribution is 7.10. The molecule has 0 saturated heterocycles. The van der Waals surface area contributed by atoms with Gasteiger partial charge in [-0.1, -0.05) is 41.6 Å². The molecular formula is C19H16N4O2S. The van der Waals surface area contributed by atoms with Crippen molar-refractivity contribution >= 4 is 17.2 Å². The average Bonchev–Trinajstić information content (AvgIpc) is 3.44. The van der Waals surface area contributed by atoms with E-state index in [-0.39, 0.29) is 17.6 Å². The smallest absolute Gasteiger partial charge is 0.273 e. The Morgan fingerprint density at radius 3 is 2.81 bits per heavy atom. The van der Waals surface area contributed by atoms with E-state index in [4.69, 9.17) is 4.52 Å². The van der Waals surface area contributed by atoms with Crippen LogP contribution < -0.4 is 5.32 Å². The highest BCUT2D eigenvalue weighted by atomic mass is 32.1. The second-order valence-corrected chi connectivity index (χ2v) is 6.65. The number of benzene rings is 1. The van der Waals surface area contributed by atoms with E-state index in [1.807, 2.05) is 64.8 Å². The number of nitrogens with zero attached hydrogens (tertiary/aromatic N) is 3. The summed E-state index contributed by atoms with van der Waals surface area (Å²) in [6, 6.07) is 17.0. The van der Waals surface area contributed by atoms with E-state index in [9.17, 15) is 4.79 Å². The number of carbonyl (C=O) groups excluding carboxylic acids is 1. The van der Waals surface area contributed by atoms with Gasteiger partial charge in [0, 0.05) is 35.4 Å². The van der Waals surface area contributed by atoms with Crippen LogP contribution in [0.5, 0.6) is 0 Å². The molecule has 130 valence electrons. The molecule has 0 radical (unpaired) electrons. The van der Waals surface area contributed by atoms with E-state index in [0.717, 1.165) is 10.4 Å². The minimum absolute atomic E-state index is 0.0607. The average molecular weight is 364 g/mol. The predicted molar refractivity (Wildman–Crippen MR) is 99.0 cm³/mol. The lowest BCUT2D eigenvalue weighted by atomic mass is 10.1. The summed E-state index contributed by atoms with van der Waals surface area (Å²) in [6.07, 6.45) is 3.62. The Kier molecular flexibility index (Phi) is 4.61. The number of nitrogens with one attached hydrogen (secondary N) is 1. The van der Waals surface area contributed by atoms with Gasteiger partial charge in [-0.25, -0.2) is 0 Å². The maximum atomic E-state index is 12.5. The molecular weight excluding hydrogens is 348 g/mol. The third-order valence-electron chi connectivity index (χ3n) is 3.97. The van der Waals surface area contributed by atoms with Gasteiger partial charge in [-0.15, -0.1) is 11.3 Å². The molecule has 1 unspecified atom stereocenters. The van der Waals surface area contributed by atoms with Gasteiger partial charge in [0.1, 0.15) is 6.04 Å². The molecule has 4 rings (SSSR count). The Morgan fingerprint density at radius 2 is 2.08 bits per heavy atom. The Balaban J connectivity index is 1.47. The summed E-state index contributed by atoms with van der Waals surface area (Å²) < 4.78 is 7.13. The van der Waals surface area contributed by atoms with Gasteiger partial charge >= 0.3 is 0 Å². The maximum absolute atomic E-state index is 12.5. The molecule has 1 amide bonds. The summed E-state index contributed by atoms with van der Waals surface area (Å²) >= 11 is 1.63. The van der Waals surface area contributed by atoms with E-state index in [2.05, 4.69) is 15.6 Å². The Labute approximate surface area is 154 Å². The van der Waals surface area contributed by atoms with Gasteiger partial charge in [0.2, 0.25) is 0 Å². The Morgan fingerprint density at radius 1 is 1.19 bits per heavy atom. The monoisotopic (exact) mass is 364 g/mol. The summed E-state index contributed by atoms with van der Waals surface area (Å²) in [4.78, 5) is 13.6. The zero-order valence-electron chi connectivity index (χ0n) is 13.8. The van der Waals surface area contributed by atoms with E-state index in [1.165, 1.54) is 0 Å². The third kappa shape index (κ3) is 3.43. The second-order valence-electron chi connectivity index (χ2n) is 5.67. The fourth-order valence-corrected chi connectivity index (χ4v) is 3.49. The number of aromatic nitrogens is 3. The van der Waals surface area contributed by atoms with Gasteiger partial charge in [0.05, 0.1) is 0 Å². The molecule has 0 aliphatic heterocycles. The number of hydrogen-bond donors (Lipinski definition) is 1. The maximum Gasteiger partial charge on any atom is 0.273 e. The molecule has 1 N–H and O–H groups in total.